The molecular weight excluding hydrogens is 382 g/mol. The second-order valence-corrected chi connectivity index (χ2v) is 7.83. The van der Waals surface area contributed by atoms with E-state index < -0.39 is 52.0 Å². The molecule has 0 bridgehead atoms. The number of carbonyl (C=O) groups is 1. The maximum atomic E-state index is 14.3. The molecule has 2 saturated heterocycles. The average molecular weight is 397 g/mol. The molecule has 0 aromatic heterocycles. The van der Waals surface area contributed by atoms with Gasteiger partial charge in [-0.2, -0.15) is 21.6 Å². The Hall–Kier alpha value is -2.08. The summed E-state index contributed by atoms with van der Waals surface area (Å²) in [6, 6.07) is 2.13. The highest BCUT2D eigenvalue weighted by Crippen LogP contribution is 2.36. The standard InChI is InChI=1S/C14H15F4N3O4S/c15-10-3-8(1-2-20-5-9(6-20)14(16,17)18)4-11(22)13(10)21-7-12(23)19-26(21,24)25/h3-4,9,22H,1-2,5-7H2,(H,19,23). The lowest BCUT2D eigenvalue weighted by Gasteiger charge is -2.40. The van der Waals surface area contributed by atoms with E-state index in [2.05, 4.69) is 0 Å². The van der Waals surface area contributed by atoms with Crippen LogP contribution < -0.4 is 9.03 Å². The molecule has 26 heavy (non-hydrogen) atoms. The second-order valence-electron chi connectivity index (χ2n) is 6.23. The van der Waals surface area contributed by atoms with E-state index in [1.807, 2.05) is 0 Å². The molecule has 12 heteroatoms. The van der Waals surface area contributed by atoms with Crippen molar-refractivity contribution < 1.29 is 35.9 Å². The molecule has 1 aromatic carbocycles. The normalized spacial score (nSPS) is 20.9. The van der Waals surface area contributed by atoms with E-state index in [1.54, 1.807) is 9.62 Å². The first-order valence-corrected chi connectivity index (χ1v) is 9.05. The minimum absolute atomic E-state index is 0.129. The number of nitrogens with zero attached hydrogens (tertiary/aromatic N) is 2. The van der Waals surface area contributed by atoms with Gasteiger partial charge in [-0.05, 0) is 24.1 Å². The van der Waals surface area contributed by atoms with Gasteiger partial charge in [-0.15, -0.1) is 0 Å². The van der Waals surface area contributed by atoms with Crippen LogP contribution in [-0.2, 0) is 21.4 Å². The lowest BCUT2D eigenvalue weighted by Crippen LogP contribution is -2.53. The van der Waals surface area contributed by atoms with Crippen molar-refractivity contribution >= 4 is 21.8 Å². The number of anilines is 1. The molecule has 1 aromatic rings. The Morgan fingerprint density at radius 2 is 1.92 bits per heavy atom. The summed E-state index contributed by atoms with van der Waals surface area (Å²) < 4.78 is 77.2. The van der Waals surface area contributed by atoms with Crippen LogP contribution in [0.25, 0.3) is 0 Å². The van der Waals surface area contributed by atoms with E-state index in [4.69, 9.17) is 0 Å². The van der Waals surface area contributed by atoms with E-state index in [-0.39, 0.29) is 26.1 Å². The Morgan fingerprint density at radius 3 is 2.42 bits per heavy atom. The molecule has 0 unspecified atom stereocenters. The Bertz CT molecular complexity index is 814. The molecule has 0 radical (unpaired) electrons. The summed E-state index contributed by atoms with van der Waals surface area (Å²) in [6.45, 7) is -0.669. The number of likely N-dealkylation sites (tertiary alicyclic amines) is 1. The zero-order valence-electron chi connectivity index (χ0n) is 13.3. The third kappa shape index (κ3) is 3.56. The molecule has 2 aliphatic heterocycles. The van der Waals surface area contributed by atoms with Gasteiger partial charge in [0.2, 0.25) is 0 Å². The molecular formula is C14H15F4N3O4S. The number of phenols is 1. The van der Waals surface area contributed by atoms with Gasteiger partial charge in [0.15, 0.2) is 5.82 Å². The number of benzene rings is 1. The number of rotatable bonds is 4. The third-order valence-electron chi connectivity index (χ3n) is 4.31. The van der Waals surface area contributed by atoms with Crippen molar-refractivity contribution in [2.24, 2.45) is 5.92 Å². The lowest BCUT2D eigenvalue weighted by atomic mass is 9.98. The average Bonchev–Trinajstić information content (AvgIpc) is 2.67. The van der Waals surface area contributed by atoms with Crippen LogP contribution in [0.4, 0.5) is 23.2 Å². The summed E-state index contributed by atoms with van der Waals surface area (Å²) >= 11 is 0. The molecule has 7 nitrogen and oxygen atoms in total. The molecule has 0 saturated carbocycles. The number of nitrogens with one attached hydrogen (secondary N) is 1. The van der Waals surface area contributed by atoms with Crippen LogP contribution in [0.1, 0.15) is 5.56 Å². The summed E-state index contributed by atoms with van der Waals surface area (Å²) in [7, 11) is -4.27. The van der Waals surface area contributed by atoms with Gasteiger partial charge in [-0.25, -0.2) is 13.4 Å². The van der Waals surface area contributed by atoms with E-state index >= 15 is 0 Å². The van der Waals surface area contributed by atoms with Crippen molar-refractivity contribution in [2.45, 2.75) is 12.6 Å². The Kier molecular flexibility index (Phi) is 4.51. The maximum absolute atomic E-state index is 14.3. The molecule has 1 amide bonds. The Balaban J connectivity index is 1.68. The van der Waals surface area contributed by atoms with Crippen LogP contribution in [0.2, 0.25) is 0 Å². The monoisotopic (exact) mass is 397 g/mol. The fraction of sp³-hybridized carbons (Fsp3) is 0.500. The van der Waals surface area contributed by atoms with Gasteiger partial charge in [0, 0.05) is 19.6 Å². The first kappa shape index (κ1) is 18.7. The number of hydrogen-bond donors (Lipinski definition) is 2. The number of alkyl halides is 3. The van der Waals surface area contributed by atoms with Gasteiger partial charge in [0.05, 0.1) is 5.92 Å². The highest BCUT2D eigenvalue weighted by atomic mass is 32.2. The van der Waals surface area contributed by atoms with E-state index in [9.17, 15) is 35.9 Å². The highest BCUT2D eigenvalue weighted by Gasteiger charge is 2.46. The SMILES string of the molecule is O=C1CN(c2c(O)cc(CCN3CC(C(F)(F)F)C3)cc2F)S(=O)(=O)N1. The maximum Gasteiger partial charge on any atom is 0.394 e. The Labute approximate surface area is 146 Å². The number of halogens is 4. The van der Waals surface area contributed by atoms with Crippen molar-refractivity contribution in [3.8, 4) is 5.75 Å². The molecule has 2 aliphatic rings. The summed E-state index contributed by atoms with van der Waals surface area (Å²) in [5.74, 6) is -3.93. The van der Waals surface area contributed by atoms with Gasteiger partial charge in [-0.1, -0.05) is 0 Å². The van der Waals surface area contributed by atoms with Crippen LogP contribution in [0.3, 0.4) is 0 Å². The summed E-state index contributed by atoms with van der Waals surface area (Å²) in [6.07, 6.45) is -4.05. The van der Waals surface area contributed by atoms with Crippen molar-refractivity contribution in [3.05, 3.63) is 23.5 Å². The van der Waals surface area contributed by atoms with Crippen LogP contribution >= 0.6 is 0 Å². The molecule has 2 heterocycles. The first-order chi connectivity index (χ1) is 12.0. The predicted octanol–water partition coefficient (Wildman–Crippen LogP) is 0.749. The largest absolute Gasteiger partial charge is 0.506 e. The predicted molar refractivity (Wildman–Crippen MR) is 82.2 cm³/mol. The molecule has 3 rings (SSSR count). The zero-order chi connectivity index (χ0) is 19.3. The molecule has 0 atom stereocenters. The van der Waals surface area contributed by atoms with Gasteiger partial charge < -0.3 is 10.0 Å². The number of phenolic OH excluding ortho intramolecular Hbond substituents is 1. The lowest BCUT2D eigenvalue weighted by molar-refractivity contribution is -0.208. The van der Waals surface area contributed by atoms with Crippen LogP contribution in [0.15, 0.2) is 12.1 Å². The molecule has 2 N–H and O–H groups in total. The van der Waals surface area contributed by atoms with Crippen molar-refractivity contribution in [3.63, 3.8) is 0 Å². The number of carbonyl (C=O) groups excluding carboxylic acids is 1. The van der Waals surface area contributed by atoms with E-state index in [1.165, 1.54) is 0 Å². The molecule has 0 aliphatic carbocycles. The highest BCUT2D eigenvalue weighted by molar-refractivity contribution is 7.92. The summed E-state index contributed by atoms with van der Waals surface area (Å²) in [5.41, 5.74) is -0.344. The van der Waals surface area contributed by atoms with Crippen molar-refractivity contribution in [1.82, 2.24) is 9.62 Å². The van der Waals surface area contributed by atoms with Crippen molar-refractivity contribution in [1.29, 1.82) is 0 Å². The quantitative estimate of drug-likeness (QED) is 0.732. The van der Waals surface area contributed by atoms with E-state index in [0.717, 1.165) is 12.1 Å². The van der Waals surface area contributed by atoms with Gasteiger partial charge in [-0.3, -0.25) is 4.79 Å². The van der Waals surface area contributed by atoms with Crippen LogP contribution in [-0.4, -0.2) is 56.7 Å². The molecule has 2 fully saturated rings. The minimum atomic E-state index is -4.27. The topological polar surface area (TPSA) is 90.0 Å². The van der Waals surface area contributed by atoms with Gasteiger partial charge in [0.1, 0.15) is 18.0 Å². The minimum Gasteiger partial charge on any atom is -0.506 e. The van der Waals surface area contributed by atoms with Crippen molar-refractivity contribution in [2.75, 3.05) is 30.5 Å². The smallest absolute Gasteiger partial charge is 0.394 e. The van der Waals surface area contributed by atoms with Crippen LogP contribution in [0, 0.1) is 11.7 Å². The zero-order valence-corrected chi connectivity index (χ0v) is 14.1. The van der Waals surface area contributed by atoms with E-state index in [0.29, 0.717) is 9.87 Å². The second kappa shape index (κ2) is 6.27. The third-order valence-corrected chi connectivity index (χ3v) is 5.69. The summed E-state index contributed by atoms with van der Waals surface area (Å²) in [4.78, 5) is 12.8. The van der Waals surface area contributed by atoms with Gasteiger partial charge in [0.25, 0.3) is 5.91 Å². The fourth-order valence-electron chi connectivity index (χ4n) is 2.92. The first-order valence-electron chi connectivity index (χ1n) is 7.61. The van der Waals surface area contributed by atoms with Crippen LogP contribution in [0.5, 0.6) is 5.75 Å². The Morgan fingerprint density at radius 1 is 1.27 bits per heavy atom. The number of amides is 1. The fourth-order valence-corrected chi connectivity index (χ4v) is 4.09. The van der Waals surface area contributed by atoms with Gasteiger partial charge >= 0.3 is 16.4 Å². The summed E-state index contributed by atoms with van der Waals surface area (Å²) in [5, 5.41) is 9.99. The number of hydrogen-bond acceptors (Lipinski definition) is 5. The molecule has 0 spiro atoms. The number of aromatic hydroxyl groups is 1. The molecule has 144 valence electrons.